The summed E-state index contributed by atoms with van der Waals surface area (Å²) in [6.45, 7) is 5.08. The van der Waals surface area contributed by atoms with E-state index in [1.165, 1.54) is 4.88 Å². The van der Waals surface area contributed by atoms with Gasteiger partial charge in [-0.25, -0.2) is 4.68 Å². The first-order chi connectivity index (χ1) is 9.74. The van der Waals surface area contributed by atoms with E-state index in [0.29, 0.717) is 12.2 Å². The molecule has 1 aliphatic rings. The van der Waals surface area contributed by atoms with Gasteiger partial charge in [-0.2, -0.15) is 0 Å². The average Bonchev–Trinajstić information content (AvgIpc) is 3.11. The highest BCUT2D eigenvalue weighted by Crippen LogP contribution is 2.11. The Balaban J connectivity index is 1.71. The lowest BCUT2D eigenvalue weighted by Gasteiger charge is -2.33. The molecule has 1 fully saturated rings. The van der Waals surface area contributed by atoms with Crippen LogP contribution in [0, 0.1) is 0 Å². The molecule has 1 atom stereocenters. The van der Waals surface area contributed by atoms with E-state index in [9.17, 15) is 4.79 Å². The molecular formula is C13H17N5OS. The van der Waals surface area contributed by atoms with Crippen molar-refractivity contribution in [1.29, 1.82) is 0 Å². The number of hydrogen-bond acceptors (Lipinski definition) is 5. The van der Waals surface area contributed by atoms with E-state index in [2.05, 4.69) is 15.6 Å². The number of piperazine rings is 1. The van der Waals surface area contributed by atoms with Crippen molar-refractivity contribution in [3.8, 4) is 0 Å². The van der Waals surface area contributed by atoms with Crippen LogP contribution in [0.2, 0.25) is 0 Å². The van der Waals surface area contributed by atoms with Gasteiger partial charge in [-0.05, 0) is 18.4 Å². The number of nitrogens with zero attached hydrogens (tertiary/aromatic N) is 4. The summed E-state index contributed by atoms with van der Waals surface area (Å²) in [5.74, 6) is -0.0311. The largest absolute Gasteiger partial charge is 0.332 e. The van der Waals surface area contributed by atoms with Crippen LogP contribution in [0.5, 0.6) is 0 Å². The first-order valence-electron chi connectivity index (χ1n) is 6.68. The Labute approximate surface area is 121 Å². The van der Waals surface area contributed by atoms with Crippen molar-refractivity contribution in [1.82, 2.24) is 25.2 Å². The highest BCUT2D eigenvalue weighted by Gasteiger charge is 2.25. The molecule has 6 nitrogen and oxygen atoms in total. The highest BCUT2D eigenvalue weighted by atomic mass is 32.1. The number of carbonyl (C=O) groups is 1. The van der Waals surface area contributed by atoms with Crippen molar-refractivity contribution < 1.29 is 4.79 Å². The fourth-order valence-corrected chi connectivity index (χ4v) is 3.02. The van der Waals surface area contributed by atoms with Gasteiger partial charge in [0.25, 0.3) is 5.91 Å². The summed E-state index contributed by atoms with van der Waals surface area (Å²) >= 11 is 1.67. The predicted octanol–water partition coefficient (Wildman–Crippen LogP) is 0.822. The maximum absolute atomic E-state index is 12.4. The Morgan fingerprint density at radius 3 is 3.25 bits per heavy atom. The van der Waals surface area contributed by atoms with Gasteiger partial charge >= 0.3 is 0 Å². The molecule has 1 N–H and O–H groups in total. The first-order valence-corrected chi connectivity index (χ1v) is 7.56. The van der Waals surface area contributed by atoms with E-state index >= 15 is 0 Å². The SMILES string of the molecule is CC1CNCCN1C(=O)c1cn(Cc2cccs2)nn1. The van der Waals surface area contributed by atoms with Crippen LogP contribution in [0.15, 0.2) is 23.7 Å². The van der Waals surface area contributed by atoms with E-state index < -0.39 is 0 Å². The lowest BCUT2D eigenvalue weighted by Crippen LogP contribution is -2.52. The summed E-state index contributed by atoms with van der Waals surface area (Å²) in [7, 11) is 0. The summed E-state index contributed by atoms with van der Waals surface area (Å²) in [6.07, 6.45) is 1.73. The molecule has 2 aromatic rings. The van der Waals surface area contributed by atoms with Gasteiger partial charge < -0.3 is 10.2 Å². The second-order valence-electron chi connectivity index (χ2n) is 4.93. The van der Waals surface area contributed by atoms with Gasteiger partial charge in [0.05, 0.1) is 12.7 Å². The molecule has 0 spiro atoms. The van der Waals surface area contributed by atoms with Crippen LogP contribution < -0.4 is 5.32 Å². The molecule has 2 aromatic heterocycles. The van der Waals surface area contributed by atoms with Crippen molar-refractivity contribution >= 4 is 17.2 Å². The first kappa shape index (κ1) is 13.3. The number of thiophene rings is 1. The third-order valence-corrected chi connectivity index (χ3v) is 4.28. The molecule has 1 amide bonds. The van der Waals surface area contributed by atoms with Crippen molar-refractivity contribution in [2.75, 3.05) is 19.6 Å². The molecule has 20 heavy (non-hydrogen) atoms. The van der Waals surface area contributed by atoms with Crippen molar-refractivity contribution in [3.63, 3.8) is 0 Å². The molecule has 0 saturated carbocycles. The molecule has 7 heteroatoms. The minimum atomic E-state index is -0.0311. The fourth-order valence-electron chi connectivity index (χ4n) is 2.33. The smallest absolute Gasteiger partial charge is 0.276 e. The Morgan fingerprint density at radius 1 is 1.60 bits per heavy atom. The number of nitrogens with one attached hydrogen (secondary N) is 1. The van der Waals surface area contributed by atoms with E-state index in [4.69, 9.17) is 0 Å². The van der Waals surface area contributed by atoms with E-state index in [0.717, 1.165) is 19.6 Å². The molecule has 0 radical (unpaired) electrons. The maximum Gasteiger partial charge on any atom is 0.276 e. The molecular weight excluding hydrogens is 274 g/mol. The predicted molar refractivity (Wildman–Crippen MR) is 76.8 cm³/mol. The molecule has 1 saturated heterocycles. The van der Waals surface area contributed by atoms with E-state index in [-0.39, 0.29) is 11.9 Å². The van der Waals surface area contributed by atoms with Gasteiger partial charge in [-0.1, -0.05) is 11.3 Å². The third-order valence-electron chi connectivity index (χ3n) is 3.42. The van der Waals surface area contributed by atoms with Crippen LogP contribution in [0.25, 0.3) is 0 Å². The van der Waals surface area contributed by atoms with Gasteiger partial charge in [0, 0.05) is 30.6 Å². The van der Waals surface area contributed by atoms with Gasteiger partial charge in [0.1, 0.15) is 0 Å². The van der Waals surface area contributed by atoms with Crippen molar-refractivity contribution in [2.45, 2.75) is 19.5 Å². The molecule has 3 rings (SSSR count). The molecule has 1 unspecified atom stereocenters. The van der Waals surface area contributed by atoms with Gasteiger partial charge in [-0.15, -0.1) is 16.4 Å². The van der Waals surface area contributed by atoms with E-state index in [1.54, 1.807) is 22.2 Å². The number of aromatic nitrogens is 3. The van der Waals surface area contributed by atoms with Crippen molar-refractivity contribution in [3.05, 3.63) is 34.3 Å². The summed E-state index contributed by atoms with van der Waals surface area (Å²) in [5.41, 5.74) is 0.426. The minimum Gasteiger partial charge on any atom is -0.332 e. The summed E-state index contributed by atoms with van der Waals surface area (Å²) in [5, 5.41) is 13.4. The topological polar surface area (TPSA) is 63.1 Å². The fraction of sp³-hybridized carbons (Fsp3) is 0.462. The second kappa shape index (κ2) is 5.72. The zero-order valence-electron chi connectivity index (χ0n) is 11.3. The van der Waals surface area contributed by atoms with Crippen molar-refractivity contribution in [2.24, 2.45) is 0 Å². The lowest BCUT2D eigenvalue weighted by atomic mass is 10.2. The summed E-state index contributed by atoms with van der Waals surface area (Å²) in [4.78, 5) is 15.5. The van der Waals surface area contributed by atoms with Crippen LogP contribution in [0.3, 0.4) is 0 Å². The highest BCUT2D eigenvalue weighted by molar-refractivity contribution is 7.09. The molecule has 1 aliphatic heterocycles. The molecule has 106 valence electrons. The Hall–Kier alpha value is -1.73. The number of carbonyl (C=O) groups excluding carboxylic acids is 1. The zero-order chi connectivity index (χ0) is 13.9. The summed E-state index contributed by atoms with van der Waals surface area (Å²) in [6, 6.07) is 4.25. The van der Waals surface area contributed by atoms with Crippen LogP contribution in [-0.2, 0) is 6.54 Å². The Kier molecular flexibility index (Phi) is 3.79. The molecule has 3 heterocycles. The Bertz CT molecular complexity index is 579. The molecule has 0 aromatic carbocycles. The van der Waals surface area contributed by atoms with Crippen LogP contribution in [-0.4, -0.2) is 51.5 Å². The maximum atomic E-state index is 12.4. The van der Waals surface area contributed by atoms with E-state index in [1.807, 2.05) is 29.3 Å². The number of hydrogen-bond donors (Lipinski definition) is 1. The number of rotatable bonds is 3. The van der Waals surface area contributed by atoms with Crippen LogP contribution >= 0.6 is 11.3 Å². The second-order valence-corrected chi connectivity index (χ2v) is 5.96. The van der Waals surface area contributed by atoms with Gasteiger partial charge in [0.2, 0.25) is 0 Å². The van der Waals surface area contributed by atoms with Crippen LogP contribution in [0.1, 0.15) is 22.3 Å². The molecule has 0 aliphatic carbocycles. The molecule has 0 bridgehead atoms. The standard InChI is InChI=1S/C13H17N5OS/c1-10-7-14-4-5-18(10)13(19)12-9-17(16-15-12)8-11-3-2-6-20-11/h2-3,6,9-10,14H,4-5,7-8H2,1H3. The quantitative estimate of drug-likeness (QED) is 0.909. The average molecular weight is 291 g/mol. The van der Waals surface area contributed by atoms with Gasteiger partial charge in [-0.3, -0.25) is 4.79 Å². The normalized spacial score (nSPS) is 19.2. The van der Waals surface area contributed by atoms with Gasteiger partial charge in [0.15, 0.2) is 5.69 Å². The zero-order valence-corrected chi connectivity index (χ0v) is 12.1. The third kappa shape index (κ3) is 2.73. The Morgan fingerprint density at radius 2 is 2.50 bits per heavy atom. The van der Waals surface area contributed by atoms with Crippen LogP contribution in [0.4, 0.5) is 0 Å². The number of amides is 1. The monoisotopic (exact) mass is 291 g/mol. The summed E-state index contributed by atoms with van der Waals surface area (Å²) < 4.78 is 1.71. The minimum absolute atomic E-state index is 0.0311. The lowest BCUT2D eigenvalue weighted by molar-refractivity contribution is 0.0649.